The lowest BCUT2D eigenvalue weighted by Crippen LogP contribution is -1.88. The van der Waals surface area contributed by atoms with Gasteiger partial charge in [0, 0.05) is 11.8 Å². The fraction of sp³-hybridized carbons (Fsp3) is 0. The maximum atomic E-state index is 9.48. The van der Waals surface area contributed by atoms with Gasteiger partial charge in [-0.15, -0.1) is 0 Å². The van der Waals surface area contributed by atoms with E-state index in [1.165, 1.54) is 0 Å². The molecule has 0 saturated carbocycles. The van der Waals surface area contributed by atoms with E-state index in [-0.39, 0.29) is 5.75 Å². The smallest absolute Gasteiger partial charge is 0.144 e. The van der Waals surface area contributed by atoms with E-state index >= 15 is 0 Å². The van der Waals surface area contributed by atoms with Crippen molar-refractivity contribution in [3.05, 3.63) is 53.8 Å². The Hall–Kier alpha value is -2.00. The molecule has 3 rings (SSSR count). The summed E-state index contributed by atoms with van der Waals surface area (Å²) < 4.78 is 1.90. The van der Waals surface area contributed by atoms with Gasteiger partial charge >= 0.3 is 0 Å². The van der Waals surface area contributed by atoms with Crippen LogP contribution < -0.4 is 0 Å². The minimum atomic E-state index is 0.223. The molecule has 3 nitrogen and oxygen atoms in total. The first-order valence-corrected chi connectivity index (χ1v) is 5.54. The first-order chi connectivity index (χ1) is 8.24. The van der Waals surface area contributed by atoms with Crippen molar-refractivity contribution in [1.29, 1.82) is 0 Å². The van der Waals surface area contributed by atoms with Crippen molar-refractivity contribution >= 4 is 17.1 Å². The monoisotopic (exact) mass is 244 g/mol. The lowest BCUT2D eigenvalue weighted by atomic mass is 10.2. The zero-order valence-corrected chi connectivity index (χ0v) is 9.59. The fourth-order valence-electron chi connectivity index (χ4n) is 1.82. The summed E-state index contributed by atoms with van der Waals surface area (Å²) in [6.07, 6.45) is 3.58. The molecule has 1 aromatic carbocycles. The van der Waals surface area contributed by atoms with Crippen LogP contribution in [-0.4, -0.2) is 14.5 Å². The number of hydrogen-bond acceptors (Lipinski definition) is 2. The summed E-state index contributed by atoms with van der Waals surface area (Å²) in [5.41, 5.74) is 1.82. The number of imidazole rings is 1. The SMILES string of the molecule is Oc1cccc(-c2ncc3ccc(Cl)cn23)c1. The Morgan fingerprint density at radius 2 is 2.06 bits per heavy atom. The van der Waals surface area contributed by atoms with Crippen LogP contribution in [0.15, 0.2) is 48.8 Å². The number of hydrogen-bond donors (Lipinski definition) is 1. The first-order valence-electron chi connectivity index (χ1n) is 5.16. The molecule has 0 amide bonds. The number of nitrogens with zero attached hydrogens (tertiary/aromatic N) is 2. The number of phenolic OH excluding ortho intramolecular Hbond substituents is 1. The molecule has 0 spiro atoms. The van der Waals surface area contributed by atoms with Crippen LogP contribution in [0.3, 0.4) is 0 Å². The van der Waals surface area contributed by atoms with Gasteiger partial charge < -0.3 is 5.11 Å². The number of pyridine rings is 1. The van der Waals surface area contributed by atoms with E-state index in [0.29, 0.717) is 5.02 Å². The number of halogens is 1. The molecule has 4 heteroatoms. The summed E-state index contributed by atoms with van der Waals surface area (Å²) in [7, 11) is 0. The van der Waals surface area contributed by atoms with Crippen LogP contribution in [0.1, 0.15) is 0 Å². The Labute approximate surface area is 103 Å². The largest absolute Gasteiger partial charge is 0.508 e. The van der Waals surface area contributed by atoms with Crippen LogP contribution in [-0.2, 0) is 0 Å². The van der Waals surface area contributed by atoms with E-state index in [0.717, 1.165) is 16.9 Å². The maximum absolute atomic E-state index is 9.48. The maximum Gasteiger partial charge on any atom is 0.144 e. The van der Waals surface area contributed by atoms with Crippen LogP contribution in [0.2, 0.25) is 5.02 Å². The van der Waals surface area contributed by atoms with Crippen molar-refractivity contribution in [2.75, 3.05) is 0 Å². The van der Waals surface area contributed by atoms with Crippen molar-refractivity contribution in [2.24, 2.45) is 0 Å². The third-order valence-electron chi connectivity index (χ3n) is 2.60. The van der Waals surface area contributed by atoms with Crippen LogP contribution in [0.4, 0.5) is 0 Å². The van der Waals surface area contributed by atoms with Gasteiger partial charge in [-0.25, -0.2) is 4.98 Å². The quantitative estimate of drug-likeness (QED) is 0.713. The molecule has 0 aliphatic heterocycles. The summed E-state index contributed by atoms with van der Waals surface area (Å²) in [6, 6.07) is 10.7. The van der Waals surface area contributed by atoms with Gasteiger partial charge in [0.25, 0.3) is 0 Å². The van der Waals surface area contributed by atoms with Gasteiger partial charge in [-0.1, -0.05) is 23.7 Å². The zero-order chi connectivity index (χ0) is 11.8. The molecule has 1 N–H and O–H groups in total. The van der Waals surface area contributed by atoms with Gasteiger partial charge in [-0.2, -0.15) is 0 Å². The second-order valence-corrected chi connectivity index (χ2v) is 4.21. The van der Waals surface area contributed by atoms with Gasteiger partial charge in [0.1, 0.15) is 11.6 Å². The molecule has 0 saturated heterocycles. The van der Waals surface area contributed by atoms with E-state index in [2.05, 4.69) is 4.98 Å². The molecule has 0 radical (unpaired) electrons. The molecule has 0 atom stereocenters. The highest BCUT2D eigenvalue weighted by molar-refractivity contribution is 6.30. The number of aromatic nitrogens is 2. The molecule has 2 heterocycles. The van der Waals surface area contributed by atoms with E-state index in [4.69, 9.17) is 11.6 Å². The molecular weight excluding hydrogens is 236 g/mol. The van der Waals surface area contributed by atoms with Crippen molar-refractivity contribution in [2.45, 2.75) is 0 Å². The third kappa shape index (κ3) is 1.74. The summed E-state index contributed by atoms with van der Waals surface area (Å²) >= 11 is 5.97. The molecule has 17 heavy (non-hydrogen) atoms. The topological polar surface area (TPSA) is 37.5 Å². The fourth-order valence-corrected chi connectivity index (χ4v) is 1.98. The Balaban J connectivity index is 2.27. The van der Waals surface area contributed by atoms with Crippen molar-refractivity contribution in [3.63, 3.8) is 0 Å². The molecule has 0 fully saturated rings. The average Bonchev–Trinajstić information content (AvgIpc) is 2.71. The van der Waals surface area contributed by atoms with Crippen molar-refractivity contribution in [3.8, 4) is 17.1 Å². The summed E-state index contributed by atoms with van der Waals surface area (Å²) in [5.74, 6) is 0.986. The average molecular weight is 245 g/mol. The molecule has 3 aromatic rings. The zero-order valence-electron chi connectivity index (χ0n) is 8.84. The van der Waals surface area contributed by atoms with Gasteiger partial charge in [-0.05, 0) is 24.3 Å². The Morgan fingerprint density at radius 1 is 1.18 bits per heavy atom. The van der Waals surface area contributed by atoms with Crippen molar-refractivity contribution < 1.29 is 5.11 Å². The van der Waals surface area contributed by atoms with Crippen LogP contribution >= 0.6 is 11.6 Å². The van der Waals surface area contributed by atoms with Gasteiger partial charge in [-0.3, -0.25) is 4.40 Å². The molecule has 84 valence electrons. The highest BCUT2D eigenvalue weighted by Gasteiger charge is 2.06. The highest BCUT2D eigenvalue weighted by Crippen LogP contribution is 2.24. The predicted molar refractivity (Wildman–Crippen MR) is 67.3 cm³/mol. The summed E-state index contributed by atoms with van der Waals surface area (Å²) in [4.78, 5) is 4.34. The van der Waals surface area contributed by atoms with Gasteiger partial charge in [0.15, 0.2) is 0 Å². The lowest BCUT2D eigenvalue weighted by molar-refractivity contribution is 0.475. The Bertz CT molecular complexity index is 691. The Kier molecular flexibility index (Phi) is 2.27. The standard InChI is InChI=1S/C13H9ClN2O/c14-10-4-5-11-7-15-13(16(11)8-10)9-2-1-3-12(17)6-9/h1-8,17H. The molecule has 0 unspecified atom stereocenters. The second kappa shape index (κ2) is 3.79. The molecule has 0 bridgehead atoms. The minimum absolute atomic E-state index is 0.223. The van der Waals surface area contributed by atoms with Crippen LogP contribution in [0.25, 0.3) is 16.9 Å². The number of phenols is 1. The van der Waals surface area contributed by atoms with E-state index in [1.54, 1.807) is 24.4 Å². The summed E-state index contributed by atoms with van der Waals surface area (Å²) in [6.45, 7) is 0. The third-order valence-corrected chi connectivity index (χ3v) is 2.82. The van der Waals surface area contributed by atoms with Crippen LogP contribution in [0, 0.1) is 0 Å². The molecule has 2 aromatic heterocycles. The van der Waals surface area contributed by atoms with E-state index < -0.39 is 0 Å². The van der Waals surface area contributed by atoms with E-state index in [9.17, 15) is 5.11 Å². The minimum Gasteiger partial charge on any atom is -0.508 e. The van der Waals surface area contributed by atoms with E-state index in [1.807, 2.05) is 28.8 Å². The summed E-state index contributed by atoms with van der Waals surface area (Å²) in [5, 5.41) is 10.1. The molecular formula is C13H9ClN2O. The predicted octanol–water partition coefficient (Wildman–Crippen LogP) is 3.36. The number of fused-ring (bicyclic) bond motifs is 1. The molecule has 0 aliphatic rings. The van der Waals surface area contributed by atoms with Gasteiger partial charge in [0.2, 0.25) is 0 Å². The molecule has 0 aliphatic carbocycles. The lowest BCUT2D eigenvalue weighted by Gasteiger charge is -2.02. The first kappa shape index (κ1) is 10.2. The number of rotatable bonds is 1. The highest BCUT2D eigenvalue weighted by atomic mass is 35.5. The van der Waals surface area contributed by atoms with Gasteiger partial charge in [0.05, 0.1) is 16.7 Å². The van der Waals surface area contributed by atoms with Crippen LogP contribution in [0.5, 0.6) is 5.75 Å². The van der Waals surface area contributed by atoms with Crippen molar-refractivity contribution in [1.82, 2.24) is 9.38 Å². The second-order valence-electron chi connectivity index (χ2n) is 3.77. The normalized spacial score (nSPS) is 10.9. The number of aromatic hydroxyl groups is 1. The number of benzene rings is 1. The Morgan fingerprint density at radius 3 is 2.88 bits per heavy atom.